The van der Waals surface area contributed by atoms with Gasteiger partial charge in [0.25, 0.3) is 0 Å². The minimum atomic E-state index is -2.86. The minimum absolute atomic E-state index is 0.334. The first-order chi connectivity index (χ1) is 6.93. The number of hydrogen-bond donors (Lipinski definition) is 1. The fourth-order valence-corrected chi connectivity index (χ4v) is 0.823. The lowest BCUT2D eigenvalue weighted by Crippen LogP contribution is -2.21. The summed E-state index contributed by atoms with van der Waals surface area (Å²) in [6.07, 6.45) is -4.20. The van der Waals surface area contributed by atoms with Crippen molar-refractivity contribution in [3.05, 3.63) is 11.9 Å². The molecule has 8 heteroatoms. The van der Waals surface area contributed by atoms with Gasteiger partial charge in [-0.15, -0.1) is 9.90 Å². The Labute approximate surface area is 82.5 Å². The van der Waals surface area contributed by atoms with Crippen LogP contribution >= 0.6 is 0 Å². The second kappa shape index (κ2) is 4.28. The highest BCUT2D eigenvalue weighted by Crippen LogP contribution is 2.23. The predicted octanol–water partition coefficient (Wildman–Crippen LogP) is 1.35. The number of hydrogen-bond acceptors (Lipinski definition) is 3. The Morgan fingerprint density at radius 3 is 2.53 bits per heavy atom. The standard InChI is InChI=1S/C7H8F3N3O2/c1-3(5(8)9)6(10)13-11-2-4(12-13)7(14)15/h2-3,5-6H,1H3,(H,14,15). The van der Waals surface area contributed by atoms with Crippen LogP contribution in [0.15, 0.2) is 6.20 Å². The number of rotatable bonds is 4. The zero-order valence-corrected chi connectivity index (χ0v) is 7.64. The van der Waals surface area contributed by atoms with E-state index in [1.807, 2.05) is 0 Å². The molecule has 0 bridgehead atoms. The molecular formula is C7H8F3N3O2. The van der Waals surface area contributed by atoms with Crippen LogP contribution in [0.1, 0.15) is 23.7 Å². The van der Waals surface area contributed by atoms with Crippen LogP contribution < -0.4 is 0 Å². The first kappa shape index (κ1) is 11.5. The lowest BCUT2D eigenvalue weighted by atomic mass is 10.2. The van der Waals surface area contributed by atoms with Gasteiger partial charge in [-0.2, -0.15) is 5.10 Å². The zero-order valence-electron chi connectivity index (χ0n) is 7.64. The maximum atomic E-state index is 13.2. The average Bonchev–Trinajstić information content (AvgIpc) is 2.64. The third-order valence-corrected chi connectivity index (χ3v) is 1.78. The molecule has 0 aliphatic carbocycles. The molecule has 0 saturated heterocycles. The average molecular weight is 223 g/mol. The summed E-state index contributed by atoms with van der Waals surface area (Å²) in [5.74, 6) is -2.99. The van der Waals surface area contributed by atoms with E-state index in [1.54, 1.807) is 0 Å². The molecule has 1 aromatic rings. The SMILES string of the molecule is CC(C(F)F)C(F)n1ncc(C(=O)O)n1. The van der Waals surface area contributed by atoms with Crippen LogP contribution in [0.25, 0.3) is 0 Å². The van der Waals surface area contributed by atoms with Gasteiger partial charge in [0.15, 0.2) is 5.69 Å². The van der Waals surface area contributed by atoms with Gasteiger partial charge in [0.2, 0.25) is 12.7 Å². The van der Waals surface area contributed by atoms with Gasteiger partial charge in [0.05, 0.1) is 12.1 Å². The molecule has 0 aromatic carbocycles. The van der Waals surface area contributed by atoms with Gasteiger partial charge < -0.3 is 5.11 Å². The Morgan fingerprint density at radius 1 is 1.53 bits per heavy atom. The molecule has 15 heavy (non-hydrogen) atoms. The number of nitrogens with zero attached hydrogens (tertiary/aromatic N) is 3. The van der Waals surface area contributed by atoms with Crippen molar-refractivity contribution < 1.29 is 23.1 Å². The van der Waals surface area contributed by atoms with Gasteiger partial charge in [-0.05, 0) is 0 Å². The van der Waals surface area contributed by atoms with Crippen LogP contribution in [-0.2, 0) is 0 Å². The van der Waals surface area contributed by atoms with Crippen molar-refractivity contribution >= 4 is 5.97 Å². The number of carbonyl (C=O) groups is 1. The largest absolute Gasteiger partial charge is 0.476 e. The molecule has 0 saturated carbocycles. The monoisotopic (exact) mass is 223 g/mol. The molecule has 1 rings (SSSR count). The highest BCUT2D eigenvalue weighted by Gasteiger charge is 2.28. The number of aromatic nitrogens is 3. The van der Waals surface area contributed by atoms with E-state index >= 15 is 0 Å². The normalized spacial score (nSPS) is 15.3. The van der Waals surface area contributed by atoms with E-state index in [-0.39, 0.29) is 0 Å². The van der Waals surface area contributed by atoms with Crippen LogP contribution in [0, 0.1) is 5.92 Å². The summed E-state index contributed by atoms with van der Waals surface area (Å²) in [6, 6.07) is 0. The molecule has 0 aliphatic rings. The Morgan fingerprint density at radius 2 is 2.13 bits per heavy atom. The maximum Gasteiger partial charge on any atom is 0.358 e. The van der Waals surface area contributed by atoms with Crippen LogP contribution in [-0.4, -0.2) is 32.5 Å². The van der Waals surface area contributed by atoms with E-state index in [0.29, 0.717) is 4.80 Å². The molecule has 2 atom stereocenters. The van der Waals surface area contributed by atoms with Crippen molar-refractivity contribution in [2.45, 2.75) is 19.6 Å². The molecule has 84 valence electrons. The smallest absolute Gasteiger partial charge is 0.358 e. The maximum absolute atomic E-state index is 13.2. The summed E-state index contributed by atoms with van der Waals surface area (Å²) in [4.78, 5) is 10.7. The molecule has 0 amide bonds. The third-order valence-electron chi connectivity index (χ3n) is 1.78. The highest BCUT2D eigenvalue weighted by molar-refractivity contribution is 5.84. The van der Waals surface area contributed by atoms with Gasteiger partial charge in [0.1, 0.15) is 0 Å². The highest BCUT2D eigenvalue weighted by atomic mass is 19.3. The number of alkyl halides is 3. The molecule has 0 spiro atoms. The van der Waals surface area contributed by atoms with Crippen molar-refractivity contribution in [3.8, 4) is 0 Å². The lowest BCUT2D eigenvalue weighted by Gasteiger charge is -2.14. The van der Waals surface area contributed by atoms with Gasteiger partial charge in [-0.3, -0.25) is 0 Å². The van der Waals surface area contributed by atoms with Crippen LogP contribution in [0.3, 0.4) is 0 Å². The molecule has 1 N–H and O–H groups in total. The second-order valence-electron chi connectivity index (χ2n) is 2.92. The topological polar surface area (TPSA) is 68.0 Å². The van der Waals surface area contributed by atoms with E-state index in [4.69, 9.17) is 5.11 Å². The lowest BCUT2D eigenvalue weighted by molar-refractivity contribution is -0.000930. The van der Waals surface area contributed by atoms with Gasteiger partial charge >= 0.3 is 5.97 Å². The summed E-state index contributed by atoms with van der Waals surface area (Å²) in [5.41, 5.74) is -0.487. The second-order valence-corrected chi connectivity index (χ2v) is 2.92. The van der Waals surface area contributed by atoms with E-state index < -0.39 is 30.3 Å². The molecular weight excluding hydrogens is 215 g/mol. The summed E-state index contributed by atoms with van der Waals surface area (Å²) < 4.78 is 37.4. The molecule has 0 radical (unpaired) electrons. The van der Waals surface area contributed by atoms with E-state index in [0.717, 1.165) is 13.1 Å². The molecule has 1 heterocycles. The first-order valence-electron chi connectivity index (χ1n) is 4.01. The molecule has 0 fully saturated rings. The Bertz CT molecular complexity index is 355. The summed E-state index contributed by atoms with van der Waals surface area (Å²) >= 11 is 0. The van der Waals surface area contributed by atoms with Crippen molar-refractivity contribution in [1.82, 2.24) is 15.0 Å². The fourth-order valence-electron chi connectivity index (χ4n) is 0.823. The van der Waals surface area contributed by atoms with Crippen LogP contribution in [0.2, 0.25) is 0 Å². The molecule has 1 aromatic heterocycles. The van der Waals surface area contributed by atoms with E-state index in [1.165, 1.54) is 0 Å². The quantitative estimate of drug-likeness (QED) is 0.836. The predicted molar refractivity (Wildman–Crippen MR) is 42.3 cm³/mol. The summed E-state index contributed by atoms with van der Waals surface area (Å²) in [6.45, 7) is 0.985. The van der Waals surface area contributed by atoms with Crippen molar-refractivity contribution in [3.63, 3.8) is 0 Å². The summed E-state index contributed by atoms with van der Waals surface area (Å²) in [5, 5.41) is 14.9. The Hall–Kier alpha value is -1.60. The number of halogens is 3. The Kier molecular flexibility index (Phi) is 3.28. The molecule has 2 unspecified atom stereocenters. The molecule has 0 aliphatic heterocycles. The van der Waals surface area contributed by atoms with Crippen molar-refractivity contribution in [2.24, 2.45) is 5.92 Å². The van der Waals surface area contributed by atoms with Gasteiger partial charge in [-0.25, -0.2) is 18.0 Å². The molecule has 5 nitrogen and oxygen atoms in total. The van der Waals surface area contributed by atoms with Crippen molar-refractivity contribution in [2.75, 3.05) is 0 Å². The van der Waals surface area contributed by atoms with Crippen molar-refractivity contribution in [1.29, 1.82) is 0 Å². The Balaban J connectivity index is 2.82. The zero-order chi connectivity index (χ0) is 11.6. The fraction of sp³-hybridized carbons (Fsp3) is 0.571. The minimum Gasteiger partial charge on any atom is -0.476 e. The van der Waals surface area contributed by atoms with Gasteiger partial charge in [-0.1, -0.05) is 6.92 Å². The van der Waals surface area contributed by atoms with Crippen LogP contribution in [0.4, 0.5) is 13.2 Å². The number of carboxylic acid groups (broad SMARTS) is 1. The number of aromatic carboxylic acids is 1. The van der Waals surface area contributed by atoms with E-state index in [2.05, 4.69) is 10.2 Å². The van der Waals surface area contributed by atoms with E-state index in [9.17, 15) is 18.0 Å². The number of carboxylic acids is 1. The van der Waals surface area contributed by atoms with Crippen LogP contribution in [0.5, 0.6) is 0 Å². The van der Waals surface area contributed by atoms with Gasteiger partial charge in [0, 0.05) is 0 Å². The third kappa shape index (κ3) is 2.45. The summed E-state index contributed by atoms with van der Waals surface area (Å²) in [7, 11) is 0. The first-order valence-corrected chi connectivity index (χ1v) is 4.01.